The van der Waals surface area contributed by atoms with E-state index in [1.165, 1.54) is 5.57 Å². The lowest BCUT2D eigenvalue weighted by Gasteiger charge is -2.34. The van der Waals surface area contributed by atoms with E-state index in [1.54, 1.807) is 12.2 Å². The minimum atomic E-state index is -0.0477. The molecule has 72 valence electrons. The first kappa shape index (κ1) is 8.16. The molecule has 0 aromatic carbocycles. The van der Waals surface area contributed by atoms with Crippen LogP contribution in [0.3, 0.4) is 0 Å². The molecular weight excluding hydrogens is 176 g/mol. The van der Waals surface area contributed by atoms with Crippen LogP contribution in [0.4, 0.5) is 0 Å². The van der Waals surface area contributed by atoms with Crippen molar-refractivity contribution < 1.29 is 9.59 Å². The van der Waals surface area contributed by atoms with E-state index >= 15 is 0 Å². The highest BCUT2D eigenvalue weighted by atomic mass is 16.1. The van der Waals surface area contributed by atoms with Crippen LogP contribution < -0.4 is 0 Å². The summed E-state index contributed by atoms with van der Waals surface area (Å²) in [6.07, 6.45) is 8.82. The van der Waals surface area contributed by atoms with Crippen molar-refractivity contribution in [2.45, 2.75) is 25.7 Å². The van der Waals surface area contributed by atoms with Crippen LogP contribution in [0.1, 0.15) is 25.7 Å². The molecule has 3 aliphatic carbocycles. The van der Waals surface area contributed by atoms with Gasteiger partial charge in [0.25, 0.3) is 0 Å². The van der Waals surface area contributed by atoms with Crippen LogP contribution in [-0.4, -0.2) is 11.6 Å². The zero-order valence-electron chi connectivity index (χ0n) is 7.95. The highest BCUT2D eigenvalue weighted by Crippen LogP contribution is 2.54. The summed E-state index contributed by atoms with van der Waals surface area (Å²) < 4.78 is 0. The summed E-state index contributed by atoms with van der Waals surface area (Å²) in [6, 6.07) is 0. The molecule has 0 N–H and O–H groups in total. The molecule has 0 saturated heterocycles. The summed E-state index contributed by atoms with van der Waals surface area (Å²) in [5.74, 6) is 0.751. The standard InChI is InChI=1S/C12H12O2/c13-10-3-4-12-6-8(11(14)7-12)1-2-9(12)5-10/h3-5,8H,1-2,6-7H2. The van der Waals surface area contributed by atoms with Gasteiger partial charge in [-0.2, -0.15) is 0 Å². The Labute approximate surface area is 82.7 Å². The quantitative estimate of drug-likeness (QED) is 0.581. The maximum atomic E-state index is 11.6. The summed E-state index contributed by atoms with van der Waals surface area (Å²) in [4.78, 5) is 22.9. The summed E-state index contributed by atoms with van der Waals surface area (Å²) in [6.45, 7) is 0. The van der Waals surface area contributed by atoms with Gasteiger partial charge in [-0.15, -0.1) is 0 Å². The zero-order chi connectivity index (χ0) is 9.76. The predicted molar refractivity (Wildman–Crippen MR) is 51.6 cm³/mol. The summed E-state index contributed by atoms with van der Waals surface area (Å²) >= 11 is 0. The van der Waals surface area contributed by atoms with Crippen molar-refractivity contribution in [3.05, 3.63) is 23.8 Å². The third kappa shape index (κ3) is 0.912. The van der Waals surface area contributed by atoms with E-state index in [0.717, 1.165) is 19.3 Å². The van der Waals surface area contributed by atoms with E-state index in [9.17, 15) is 9.59 Å². The molecule has 3 rings (SSSR count). The number of carbonyl (C=O) groups excluding carboxylic acids is 2. The van der Waals surface area contributed by atoms with Crippen molar-refractivity contribution in [2.75, 3.05) is 0 Å². The lowest BCUT2D eigenvalue weighted by Crippen LogP contribution is -2.24. The molecule has 0 amide bonds. The minimum absolute atomic E-state index is 0.0477. The molecule has 0 aliphatic heterocycles. The lowest BCUT2D eigenvalue weighted by atomic mass is 9.69. The van der Waals surface area contributed by atoms with Crippen molar-refractivity contribution in [3.63, 3.8) is 0 Å². The van der Waals surface area contributed by atoms with Crippen molar-refractivity contribution in [1.29, 1.82) is 0 Å². The smallest absolute Gasteiger partial charge is 0.178 e. The van der Waals surface area contributed by atoms with Crippen LogP contribution in [0, 0.1) is 11.3 Å². The molecule has 2 heteroatoms. The number of carbonyl (C=O) groups is 2. The Bertz CT molecular complexity index is 389. The molecular formula is C12H12O2. The van der Waals surface area contributed by atoms with Gasteiger partial charge in [-0.25, -0.2) is 0 Å². The second-order valence-electron chi connectivity index (χ2n) is 4.64. The third-order valence-corrected chi connectivity index (χ3v) is 3.84. The SMILES string of the molecule is O=C1C=CC23CC(=O)C(CCC2=C1)C3. The second kappa shape index (κ2) is 2.44. The molecule has 1 spiro atoms. The summed E-state index contributed by atoms with van der Waals surface area (Å²) in [5, 5.41) is 0. The number of allylic oxidation sites excluding steroid dienone is 4. The van der Waals surface area contributed by atoms with E-state index in [4.69, 9.17) is 0 Å². The van der Waals surface area contributed by atoms with Gasteiger partial charge >= 0.3 is 0 Å². The molecule has 3 aliphatic rings. The first-order valence-corrected chi connectivity index (χ1v) is 5.17. The Morgan fingerprint density at radius 2 is 2.21 bits per heavy atom. The Hall–Kier alpha value is -1.18. The number of fused-ring (bicyclic) bond motifs is 1. The van der Waals surface area contributed by atoms with E-state index in [1.807, 2.05) is 6.08 Å². The Morgan fingerprint density at radius 1 is 1.36 bits per heavy atom. The highest BCUT2D eigenvalue weighted by molar-refractivity contribution is 6.02. The molecule has 14 heavy (non-hydrogen) atoms. The summed E-state index contributed by atoms with van der Waals surface area (Å²) in [5.41, 5.74) is 1.15. The first-order chi connectivity index (χ1) is 6.70. The number of Topliss-reactive ketones (excluding diaryl/α,β-unsaturated/α-hetero) is 1. The van der Waals surface area contributed by atoms with Gasteiger partial charge in [0.05, 0.1) is 0 Å². The zero-order valence-corrected chi connectivity index (χ0v) is 7.95. The van der Waals surface area contributed by atoms with Crippen LogP contribution >= 0.6 is 0 Å². The van der Waals surface area contributed by atoms with Crippen molar-refractivity contribution in [2.24, 2.45) is 11.3 Å². The monoisotopic (exact) mass is 188 g/mol. The van der Waals surface area contributed by atoms with E-state index < -0.39 is 0 Å². The molecule has 0 radical (unpaired) electrons. The van der Waals surface area contributed by atoms with Gasteiger partial charge in [-0.1, -0.05) is 11.6 Å². The van der Waals surface area contributed by atoms with Crippen LogP contribution in [0.5, 0.6) is 0 Å². The Kier molecular flexibility index (Phi) is 1.42. The Morgan fingerprint density at radius 3 is 3.07 bits per heavy atom. The lowest BCUT2D eigenvalue weighted by molar-refractivity contribution is -0.120. The van der Waals surface area contributed by atoms with Gasteiger partial charge in [0.15, 0.2) is 5.78 Å². The first-order valence-electron chi connectivity index (χ1n) is 5.17. The number of hydrogen-bond donors (Lipinski definition) is 0. The van der Waals surface area contributed by atoms with Crippen LogP contribution in [0.25, 0.3) is 0 Å². The summed E-state index contributed by atoms with van der Waals surface area (Å²) in [7, 11) is 0. The molecule has 2 unspecified atom stereocenters. The van der Waals surface area contributed by atoms with Gasteiger partial charge in [0.2, 0.25) is 0 Å². The average molecular weight is 188 g/mol. The molecule has 0 heterocycles. The number of hydrogen-bond acceptors (Lipinski definition) is 2. The maximum Gasteiger partial charge on any atom is 0.178 e. The van der Waals surface area contributed by atoms with E-state index in [2.05, 4.69) is 0 Å². The molecule has 2 fully saturated rings. The third-order valence-electron chi connectivity index (χ3n) is 3.84. The van der Waals surface area contributed by atoms with E-state index in [0.29, 0.717) is 12.2 Å². The fraction of sp³-hybridized carbons (Fsp3) is 0.500. The van der Waals surface area contributed by atoms with Crippen molar-refractivity contribution >= 4 is 11.6 Å². The van der Waals surface area contributed by atoms with Gasteiger partial charge in [0, 0.05) is 17.8 Å². The van der Waals surface area contributed by atoms with Crippen LogP contribution in [0.15, 0.2) is 23.8 Å². The molecule has 2 saturated carbocycles. The van der Waals surface area contributed by atoms with Crippen LogP contribution in [0.2, 0.25) is 0 Å². The molecule has 2 nitrogen and oxygen atoms in total. The van der Waals surface area contributed by atoms with Crippen LogP contribution in [-0.2, 0) is 9.59 Å². The topological polar surface area (TPSA) is 34.1 Å². The average Bonchev–Trinajstić information content (AvgIpc) is 2.41. The van der Waals surface area contributed by atoms with Gasteiger partial charge in [-0.3, -0.25) is 9.59 Å². The Balaban J connectivity index is 2.09. The minimum Gasteiger partial charge on any atom is -0.299 e. The van der Waals surface area contributed by atoms with Gasteiger partial charge in [-0.05, 0) is 31.4 Å². The molecule has 0 aromatic heterocycles. The normalized spacial score (nSPS) is 39.7. The van der Waals surface area contributed by atoms with Crippen molar-refractivity contribution in [3.8, 4) is 0 Å². The maximum absolute atomic E-state index is 11.6. The number of rotatable bonds is 0. The fourth-order valence-electron chi connectivity index (χ4n) is 3.08. The molecule has 2 bridgehead atoms. The predicted octanol–water partition coefficient (Wildman–Crippen LogP) is 1.81. The van der Waals surface area contributed by atoms with Gasteiger partial charge < -0.3 is 0 Å². The van der Waals surface area contributed by atoms with Crippen molar-refractivity contribution in [1.82, 2.24) is 0 Å². The molecule has 2 atom stereocenters. The van der Waals surface area contributed by atoms with Gasteiger partial charge in [0.1, 0.15) is 5.78 Å². The largest absolute Gasteiger partial charge is 0.299 e. The highest BCUT2D eigenvalue weighted by Gasteiger charge is 2.49. The number of ketones is 2. The molecule has 0 aromatic rings. The fourth-order valence-corrected chi connectivity index (χ4v) is 3.08. The second-order valence-corrected chi connectivity index (χ2v) is 4.64. The van der Waals surface area contributed by atoms with E-state index in [-0.39, 0.29) is 17.1 Å².